The van der Waals surface area contributed by atoms with Crippen LogP contribution < -0.4 is 0 Å². The monoisotopic (exact) mass is 342 g/mol. The lowest BCUT2D eigenvalue weighted by atomic mass is 9.94. The van der Waals surface area contributed by atoms with Crippen molar-refractivity contribution in [3.63, 3.8) is 0 Å². The molecule has 0 aliphatic heterocycles. The van der Waals surface area contributed by atoms with Crippen molar-refractivity contribution in [2.75, 3.05) is 0 Å². The average molecular weight is 342 g/mol. The lowest BCUT2D eigenvalue weighted by Crippen LogP contribution is -2.05. The van der Waals surface area contributed by atoms with Crippen LogP contribution in [-0.4, -0.2) is 15.4 Å². The number of alkyl halides is 3. The maximum atomic E-state index is 12.9. The van der Waals surface area contributed by atoms with Gasteiger partial charge in [-0.3, -0.25) is 0 Å². The van der Waals surface area contributed by atoms with Gasteiger partial charge in [0.05, 0.1) is 5.56 Å². The minimum Gasteiger partial charge on any atom is -0.247 e. The molecule has 0 unspecified atom stereocenters. The van der Waals surface area contributed by atoms with Crippen molar-refractivity contribution in [2.24, 2.45) is 0 Å². The smallest absolute Gasteiger partial charge is 0.247 e. The molecule has 0 aliphatic rings. The number of H-pyrrole nitrogens is 1. The largest absolute Gasteiger partial charge is 0.416 e. The molecule has 25 heavy (non-hydrogen) atoms. The van der Waals surface area contributed by atoms with Crippen LogP contribution in [0, 0.1) is 18.3 Å². The van der Waals surface area contributed by atoms with Gasteiger partial charge in [0.1, 0.15) is 11.8 Å². The van der Waals surface area contributed by atoms with Crippen molar-refractivity contribution in [2.45, 2.75) is 19.5 Å². The number of hydrogen-bond acceptors (Lipinski definition) is 3. The van der Waals surface area contributed by atoms with Gasteiger partial charge in [0.2, 0.25) is 0 Å². The number of rotatable bonds is 3. The summed E-state index contributed by atoms with van der Waals surface area (Å²) in [5, 5.41) is 19.2. The summed E-state index contributed by atoms with van der Waals surface area (Å²) in [4.78, 5) is 0. The zero-order chi connectivity index (χ0) is 18.0. The second kappa shape index (κ2) is 6.40. The molecule has 3 rings (SSSR count). The maximum Gasteiger partial charge on any atom is 0.416 e. The average Bonchev–Trinajstić information content (AvgIpc) is 3.03. The summed E-state index contributed by atoms with van der Waals surface area (Å²) in [6.45, 7) is 1.90. The first-order valence-corrected chi connectivity index (χ1v) is 7.45. The van der Waals surface area contributed by atoms with E-state index >= 15 is 0 Å². The van der Waals surface area contributed by atoms with Gasteiger partial charge < -0.3 is 0 Å². The summed E-state index contributed by atoms with van der Waals surface area (Å²) >= 11 is 0. The van der Waals surface area contributed by atoms with Gasteiger partial charge in [-0.2, -0.15) is 18.4 Å². The second-order valence-electron chi connectivity index (χ2n) is 5.68. The summed E-state index contributed by atoms with van der Waals surface area (Å²) < 4.78 is 38.7. The van der Waals surface area contributed by atoms with Crippen LogP contribution in [0.15, 0.2) is 42.5 Å². The molecule has 0 amide bonds. The van der Waals surface area contributed by atoms with Crippen molar-refractivity contribution in [3.8, 4) is 17.3 Å². The van der Waals surface area contributed by atoms with E-state index in [-0.39, 0.29) is 5.69 Å². The van der Waals surface area contributed by atoms with E-state index in [1.807, 2.05) is 25.1 Å². The number of aromatic nitrogens is 3. The van der Waals surface area contributed by atoms with Crippen molar-refractivity contribution in [3.05, 3.63) is 70.4 Å². The first kappa shape index (κ1) is 16.7. The number of halogens is 3. The van der Waals surface area contributed by atoms with Gasteiger partial charge in [-0.25, -0.2) is 5.10 Å². The van der Waals surface area contributed by atoms with Crippen LogP contribution in [-0.2, 0) is 12.6 Å². The molecule has 4 nitrogen and oxygen atoms in total. The number of nitrogens with zero attached hydrogens (tertiary/aromatic N) is 3. The Labute approximate surface area is 141 Å². The van der Waals surface area contributed by atoms with Crippen molar-refractivity contribution in [1.82, 2.24) is 15.4 Å². The summed E-state index contributed by atoms with van der Waals surface area (Å²) in [6.07, 6.45) is -4.09. The second-order valence-corrected chi connectivity index (χ2v) is 5.68. The molecule has 0 bridgehead atoms. The van der Waals surface area contributed by atoms with Crippen molar-refractivity contribution >= 4 is 0 Å². The fourth-order valence-electron chi connectivity index (χ4n) is 2.67. The fraction of sp³-hybridized carbons (Fsp3) is 0.167. The van der Waals surface area contributed by atoms with E-state index in [9.17, 15) is 13.2 Å². The Kier molecular flexibility index (Phi) is 4.28. The van der Waals surface area contributed by atoms with Gasteiger partial charge in [-0.1, -0.05) is 47.2 Å². The fourth-order valence-corrected chi connectivity index (χ4v) is 2.67. The number of hydrogen-bond donors (Lipinski definition) is 1. The Morgan fingerprint density at radius 2 is 1.96 bits per heavy atom. The minimum atomic E-state index is -4.38. The van der Waals surface area contributed by atoms with Gasteiger partial charge in [0.15, 0.2) is 5.69 Å². The highest BCUT2D eigenvalue weighted by molar-refractivity contribution is 5.68. The van der Waals surface area contributed by atoms with Crippen molar-refractivity contribution < 1.29 is 13.2 Å². The van der Waals surface area contributed by atoms with Crippen LogP contribution in [0.3, 0.4) is 0 Å². The van der Waals surface area contributed by atoms with Gasteiger partial charge in [-0.15, -0.1) is 5.10 Å². The van der Waals surface area contributed by atoms with Crippen LogP contribution in [0.5, 0.6) is 0 Å². The maximum absolute atomic E-state index is 12.9. The zero-order valence-corrected chi connectivity index (χ0v) is 13.2. The topological polar surface area (TPSA) is 65.4 Å². The normalized spacial score (nSPS) is 11.3. The molecule has 1 N–H and O–H groups in total. The van der Waals surface area contributed by atoms with E-state index in [4.69, 9.17) is 5.26 Å². The number of nitriles is 1. The minimum absolute atomic E-state index is 0.217. The van der Waals surface area contributed by atoms with Crippen LogP contribution in [0.1, 0.15) is 27.9 Å². The number of benzene rings is 2. The lowest BCUT2D eigenvalue weighted by Gasteiger charge is -2.12. The molecule has 0 radical (unpaired) electrons. The third-order valence-electron chi connectivity index (χ3n) is 3.83. The van der Waals surface area contributed by atoms with E-state index in [2.05, 4.69) is 15.4 Å². The highest BCUT2D eigenvalue weighted by atomic mass is 19.4. The van der Waals surface area contributed by atoms with Gasteiger partial charge >= 0.3 is 6.18 Å². The third kappa shape index (κ3) is 3.53. The summed E-state index contributed by atoms with van der Waals surface area (Å²) in [5.74, 6) is 0. The van der Waals surface area contributed by atoms with Gasteiger partial charge in [0, 0.05) is 5.56 Å². The first-order chi connectivity index (χ1) is 11.9. The predicted molar refractivity (Wildman–Crippen MR) is 85.5 cm³/mol. The van der Waals surface area contributed by atoms with Crippen LogP contribution >= 0.6 is 0 Å². The van der Waals surface area contributed by atoms with Crippen LogP contribution in [0.4, 0.5) is 13.2 Å². The molecule has 0 saturated heterocycles. The predicted octanol–water partition coefficient (Wildman–Crippen LogP) is 4.26. The SMILES string of the molecule is Cc1ccc(-c2nn[nH]c2C#N)c(Cc2cccc(C(F)(F)F)c2)c1. The standard InChI is InChI=1S/C18H13F3N4/c1-11-5-6-15(17-16(10-22)23-25-24-17)13(7-11)8-12-3-2-4-14(9-12)18(19,20)21/h2-7,9H,8H2,1H3,(H,23,24,25). The number of aryl methyl sites for hydroxylation is 1. The third-order valence-corrected chi connectivity index (χ3v) is 3.83. The Morgan fingerprint density at radius 1 is 1.16 bits per heavy atom. The first-order valence-electron chi connectivity index (χ1n) is 7.45. The molecule has 0 saturated carbocycles. The molecule has 1 aromatic heterocycles. The molecule has 126 valence electrons. The molecule has 7 heteroatoms. The lowest BCUT2D eigenvalue weighted by molar-refractivity contribution is -0.137. The molecule has 0 aliphatic carbocycles. The molecule has 1 heterocycles. The van der Waals surface area contributed by atoms with E-state index in [1.54, 1.807) is 12.1 Å². The molecular weight excluding hydrogens is 329 g/mol. The molecule has 0 spiro atoms. The Hall–Kier alpha value is -3.14. The Bertz CT molecular complexity index is 951. The number of nitrogens with one attached hydrogen (secondary N) is 1. The summed E-state index contributed by atoms with van der Waals surface area (Å²) in [5.41, 5.74) is 2.88. The summed E-state index contributed by atoms with van der Waals surface area (Å²) in [6, 6.07) is 12.8. The molecular formula is C18H13F3N4. The Balaban J connectivity index is 2.04. The van der Waals surface area contributed by atoms with Crippen LogP contribution in [0.25, 0.3) is 11.3 Å². The van der Waals surface area contributed by atoms with Gasteiger partial charge in [-0.05, 0) is 30.5 Å². The highest BCUT2D eigenvalue weighted by Gasteiger charge is 2.30. The summed E-state index contributed by atoms with van der Waals surface area (Å²) in [7, 11) is 0. The highest BCUT2D eigenvalue weighted by Crippen LogP contribution is 2.31. The van der Waals surface area contributed by atoms with Crippen LogP contribution in [0.2, 0.25) is 0 Å². The van der Waals surface area contributed by atoms with E-state index in [0.29, 0.717) is 23.2 Å². The van der Waals surface area contributed by atoms with E-state index in [0.717, 1.165) is 23.3 Å². The van der Waals surface area contributed by atoms with E-state index in [1.165, 1.54) is 6.07 Å². The molecule has 0 fully saturated rings. The Morgan fingerprint density at radius 3 is 2.68 bits per heavy atom. The molecule has 3 aromatic rings. The van der Waals surface area contributed by atoms with E-state index < -0.39 is 11.7 Å². The quantitative estimate of drug-likeness (QED) is 0.773. The molecule has 2 aromatic carbocycles. The number of aromatic amines is 1. The van der Waals surface area contributed by atoms with Gasteiger partial charge in [0.25, 0.3) is 0 Å². The zero-order valence-electron chi connectivity index (χ0n) is 13.2. The van der Waals surface area contributed by atoms with Crippen molar-refractivity contribution in [1.29, 1.82) is 5.26 Å². The molecule has 0 atom stereocenters.